The highest BCUT2D eigenvalue weighted by atomic mass is 19.1. The van der Waals surface area contributed by atoms with Crippen LogP contribution in [0.15, 0.2) is 24.3 Å². The number of hydrogen-bond acceptors (Lipinski definition) is 2. The Morgan fingerprint density at radius 2 is 2.06 bits per heavy atom. The van der Waals surface area contributed by atoms with E-state index in [1.54, 1.807) is 0 Å². The van der Waals surface area contributed by atoms with E-state index < -0.39 is 5.67 Å². The summed E-state index contributed by atoms with van der Waals surface area (Å²) in [7, 11) is 0. The summed E-state index contributed by atoms with van der Waals surface area (Å²) in [5.74, 6) is 1.27. The van der Waals surface area contributed by atoms with Crippen LogP contribution in [0.5, 0.6) is 5.75 Å². The van der Waals surface area contributed by atoms with Gasteiger partial charge >= 0.3 is 0 Å². The van der Waals surface area contributed by atoms with Crippen LogP contribution in [0, 0.1) is 0 Å². The van der Waals surface area contributed by atoms with Crippen LogP contribution in [0.2, 0.25) is 0 Å². The molecule has 1 fully saturated rings. The Bertz CT molecular complexity index is 415. The summed E-state index contributed by atoms with van der Waals surface area (Å²) in [5.41, 5.74) is 0.208. The maximum absolute atomic E-state index is 14.8. The first-order valence-electron chi connectivity index (χ1n) is 6.88. The zero-order valence-corrected chi connectivity index (χ0v) is 10.6. The highest BCUT2D eigenvalue weighted by molar-refractivity contribution is 5.38. The molecule has 98 valence electrons. The van der Waals surface area contributed by atoms with Crippen LogP contribution in [-0.2, 0) is 0 Å². The fourth-order valence-corrected chi connectivity index (χ4v) is 3.15. The monoisotopic (exact) mass is 249 g/mol. The normalized spacial score (nSPS) is 26.2. The second-order valence-electron chi connectivity index (χ2n) is 5.48. The van der Waals surface area contributed by atoms with Gasteiger partial charge in [-0.2, -0.15) is 0 Å². The van der Waals surface area contributed by atoms with E-state index in [9.17, 15) is 4.39 Å². The van der Waals surface area contributed by atoms with Crippen LogP contribution in [0.1, 0.15) is 37.2 Å². The number of alkyl halides is 1. The predicted octanol–water partition coefficient (Wildman–Crippen LogP) is 3.03. The minimum absolute atomic E-state index is 0.318. The Morgan fingerprint density at radius 1 is 1.28 bits per heavy atom. The number of halogens is 1. The number of para-hydroxylation sites is 1. The first-order valence-corrected chi connectivity index (χ1v) is 6.88. The molecule has 2 heterocycles. The quantitative estimate of drug-likeness (QED) is 0.870. The van der Waals surface area contributed by atoms with Gasteiger partial charge in [-0.15, -0.1) is 0 Å². The van der Waals surface area contributed by atoms with Gasteiger partial charge in [0, 0.05) is 0 Å². The third-order valence-corrected chi connectivity index (χ3v) is 4.19. The molecular weight excluding hydrogens is 229 g/mol. The summed E-state index contributed by atoms with van der Waals surface area (Å²) in [6.45, 7) is 2.33. The van der Waals surface area contributed by atoms with Crippen LogP contribution in [0.4, 0.5) is 4.39 Å². The van der Waals surface area contributed by atoms with Crippen molar-refractivity contribution in [1.82, 2.24) is 5.32 Å². The van der Waals surface area contributed by atoms with Gasteiger partial charge in [-0.1, -0.05) is 18.2 Å². The fourth-order valence-electron chi connectivity index (χ4n) is 3.15. The van der Waals surface area contributed by atoms with Crippen LogP contribution in [0.25, 0.3) is 0 Å². The lowest BCUT2D eigenvalue weighted by molar-refractivity contribution is 0.0878. The van der Waals surface area contributed by atoms with Crippen LogP contribution >= 0.6 is 0 Å². The molecule has 18 heavy (non-hydrogen) atoms. The van der Waals surface area contributed by atoms with Gasteiger partial charge in [0.25, 0.3) is 0 Å². The number of rotatable bonds is 2. The third kappa shape index (κ3) is 2.37. The Hall–Kier alpha value is -1.09. The molecule has 0 aromatic heterocycles. The molecule has 1 aromatic carbocycles. The van der Waals surface area contributed by atoms with Gasteiger partial charge in [0.15, 0.2) is 0 Å². The molecule has 2 aliphatic heterocycles. The predicted molar refractivity (Wildman–Crippen MR) is 69.9 cm³/mol. The number of piperidine rings is 1. The molecule has 1 unspecified atom stereocenters. The molecule has 0 radical (unpaired) electrons. The minimum atomic E-state index is -0.986. The van der Waals surface area contributed by atoms with E-state index >= 15 is 0 Å². The number of hydrogen-bond donors (Lipinski definition) is 1. The van der Waals surface area contributed by atoms with Crippen molar-refractivity contribution in [2.45, 2.75) is 37.3 Å². The molecule has 0 amide bonds. The summed E-state index contributed by atoms with van der Waals surface area (Å²) >= 11 is 0. The summed E-state index contributed by atoms with van der Waals surface area (Å²) in [6, 6.07) is 8.09. The molecule has 2 aliphatic rings. The first-order chi connectivity index (χ1) is 8.77. The van der Waals surface area contributed by atoms with E-state index in [0.717, 1.165) is 31.9 Å². The summed E-state index contributed by atoms with van der Waals surface area (Å²) < 4.78 is 20.4. The van der Waals surface area contributed by atoms with Gasteiger partial charge in [0.05, 0.1) is 6.61 Å². The lowest BCUT2D eigenvalue weighted by Crippen LogP contribution is -2.40. The van der Waals surface area contributed by atoms with Crippen LogP contribution in [-0.4, -0.2) is 25.4 Å². The van der Waals surface area contributed by atoms with Gasteiger partial charge < -0.3 is 10.1 Å². The van der Waals surface area contributed by atoms with Gasteiger partial charge in [-0.25, -0.2) is 4.39 Å². The molecule has 1 aromatic rings. The summed E-state index contributed by atoms with van der Waals surface area (Å²) in [6.07, 6.45) is 2.88. The lowest BCUT2D eigenvalue weighted by Gasteiger charge is -2.35. The third-order valence-electron chi connectivity index (χ3n) is 4.19. The van der Waals surface area contributed by atoms with E-state index in [-0.39, 0.29) is 0 Å². The van der Waals surface area contributed by atoms with Gasteiger partial charge in [0.2, 0.25) is 0 Å². The van der Waals surface area contributed by atoms with E-state index in [1.807, 2.05) is 18.2 Å². The molecule has 0 aliphatic carbocycles. The SMILES string of the molecule is FC1(CC2CCOc3ccccc32)CCNCC1. The standard InChI is InChI=1S/C15H20FNO/c16-15(6-8-17-9-7-15)11-12-5-10-18-14-4-2-1-3-13(12)14/h1-4,12,17H,5-11H2. The van der Waals surface area contributed by atoms with E-state index in [1.165, 1.54) is 5.56 Å². The Morgan fingerprint density at radius 3 is 2.89 bits per heavy atom. The van der Waals surface area contributed by atoms with Gasteiger partial charge in [-0.05, 0) is 56.3 Å². The fraction of sp³-hybridized carbons (Fsp3) is 0.600. The average molecular weight is 249 g/mol. The molecule has 0 spiro atoms. The molecule has 0 saturated carbocycles. The number of ether oxygens (including phenoxy) is 1. The van der Waals surface area contributed by atoms with E-state index in [4.69, 9.17) is 4.74 Å². The Balaban J connectivity index is 1.77. The van der Waals surface area contributed by atoms with Crippen LogP contribution < -0.4 is 10.1 Å². The minimum Gasteiger partial charge on any atom is -0.493 e. The molecule has 3 rings (SSSR count). The molecule has 1 N–H and O–H groups in total. The van der Waals surface area contributed by atoms with Crippen molar-refractivity contribution in [2.24, 2.45) is 0 Å². The average Bonchev–Trinajstić information content (AvgIpc) is 2.40. The summed E-state index contributed by atoms with van der Waals surface area (Å²) in [5, 5.41) is 3.23. The zero-order chi connectivity index (χ0) is 12.4. The molecular formula is C15H20FNO. The molecule has 0 bridgehead atoms. The highest BCUT2D eigenvalue weighted by Crippen LogP contribution is 2.41. The van der Waals surface area contributed by atoms with E-state index in [2.05, 4.69) is 11.4 Å². The van der Waals surface area contributed by atoms with Crippen molar-refractivity contribution >= 4 is 0 Å². The van der Waals surface area contributed by atoms with Crippen molar-refractivity contribution in [3.63, 3.8) is 0 Å². The maximum atomic E-state index is 14.8. The highest BCUT2D eigenvalue weighted by Gasteiger charge is 2.36. The van der Waals surface area contributed by atoms with Crippen molar-refractivity contribution in [1.29, 1.82) is 0 Å². The second-order valence-corrected chi connectivity index (χ2v) is 5.48. The molecule has 2 nitrogen and oxygen atoms in total. The topological polar surface area (TPSA) is 21.3 Å². The first kappa shape index (κ1) is 12.0. The van der Waals surface area contributed by atoms with Crippen molar-refractivity contribution in [3.05, 3.63) is 29.8 Å². The molecule has 3 heteroatoms. The van der Waals surface area contributed by atoms with Crippen molar-refractivity contribution < 1.29 is 9.13 Å². The molecule has 1 atom stereocenters. The largest absolute Gasteiger partial charge is 0.493 e. The lowest BCUT2D eigenvalue weighted by atomic mass is 9.79. The van der Waals surface area contributed by atoms with Crippen molar-refractivity contribution in [2.75, 3.05) is 19.7 Å². The number of nitrogens with one attached hydrogen (secondary N) is 1. The maximum Gasteiger partial charge on any atom is 0.122 e. The summed E-state index contributed by atoms with van der Waals surface area (Å²) in [4.78, 5) is 0. The second kappa shape index (κ2) is 4.88. The van der Waals surface area contributed by atoms with Gasteiger partial charge in [-0.3, -0.25) is 0 Å². The zero-order valence-electron chi connectivity index (χ0n) is 10.6. The Kier molecular flexibility index (Phi) is 3.25. The number of fused-ring (bicyclic) bond motifs is 1. The van der Waals surface area contributed by atoms with Crippen LogP contribution in [0.3, 0.4) is 0 Å². The smallest absolute Gasteiger partial charge is 0.122 e. The van der Waals surface area contributed by atoms with E-state index in [0.29, 0.717) is 25.2 Å². The number of benzene rings is 1. The van der Waals surface area contributed by atoms with Gasteiger partial charge in [0.1, 0.15) is 11.4 Å². The Labute approximate surface area is 108 Å². The van der Waals surface area contributed by atoms with Crippen molar-refractivity contribution in [3.8, 4) is 5.75 Å². The molecule has 1 saturated heterocycles.